The SMILES string of the molecule is O=C(c1ccc(N2C(=O)CCC2=O)cc1)N1CCN(S(=O)(=O)c2ccc3c(c2)CCC3)CC1. The lowest BCUT2D eigenvalue weighted by molar-refractivity contribution is -0.121. The summed E-state index contributed by atoms with van der Waals surface area (Å²) < 4.78 is 27.7. The molecule has 2 aromatic rings. The lowest BCUT2D eigenvalue weighted by Gasteiger charge is -2.34. The van der Waals surface area contributed by atoms with Gasteiger partial charge in [-0.15, -0.1) is 0 Å². The number of fused-ring (bicyclic) bond motifs is 1. The van der Waals surface area contributed by atoms with Crippen LogP contribution in [0.2, 0.25) is 0 Å². The van der Waals surface area contributed by atoms with E-state index in [1.807, 2.05) is 6.07 Å². The Kier molecular flexibility index (Phi) is 5.54. The average molecular weight is 468 g/mol. The van der Waals surface area contributed by atoms with Crippen molar-refractivity contribution in [2.75, 3.05) is 31.1 Å². The van der Waals surface area contributed by atoms with E-state index in [-0.39, 0.29) is 43.7 Å². The molecular weight excluding hydrogens is 442 g/mol. The van der Waals surface area contributed by atoms with Gasteiger partial charge in [-0.25, -0.2) is 8.42 Å². The van der Waals surface area contributed by atoms with Crippen LogP contribution < -0.4 is 4.90 Å². The number of aryl methyl sites for hydroxylation is 2. The maximum Gasteiger partial charge on any atom is 0.253 e. The molecule has 0 radical (unpaired) electrons. The van der Waals surface area contributed by atoms with Crippen LogP contribution in [0.1, 0.15) is 40.7 Å². The molecular formula is C24H25N3O5S. The molecule has 8 nitrogen and oxygen atoms in total. The van der Waals surface area contributed by atoms with Gasteiger partial charge in [0.25, 0.3) is 5.91 Å². The van der Waals surface area contributed by atoms with E-state index in [9.17, 15) is 22.8 Å². The third-order valence-electron chi connectivity index (χ3n) is 6.66. The summed E-state index contributed by atoms with van der Waals surface area (Å²) in [6.07, 6.45) is 3.39. The van der Waals surface area contributed by atoms with Crippen molar-refractivity contribution in [3.63, 3.8) is 0 Å². The molecule has 3 amide bonds. The van der Waals surface area contributed by atoms with Crippen molar-refractivity contribution in [3.05, 3.63) is 59.2 Å². The van der Waals surface area contributed by atoms with Crippen LogP contribution in [0.25, 0.3) is 0 Å². The predicted molar refractivity (Wildman–Crippen MR) is 121 cm³/mol. The largest absolute Gasteiger partial charge is 0.336 e. The minimum absolute atomic E-state index is 0.199. The molecule has 0 N–H and O–H groups in total. The summed E-state index contributed by atoms with van der Waals surface area (Å²) in [5.74, 6) is -0.672. The van der Waals surface area contributed by atoms with Crippen LogP contribution >= 0.6 is 0 Å². The first-order valence-corrected chi connectivity index (χ1v) is 12.7. The highest BCUT2D eigenvalue weighted by Crippen LogP contribution is 2.27. The highest BCUT2D eigenvalue weighted by atomic mass is 32.2. The second kappa shape index (κ2) is 8.39. The summed E-state index contributed by atoms with van der Waals surface area (Å²) >= 11 is 0. The molecule has 0 bridgehead atoms. The van der Waals surface area contributed by atoms with Gasteiger partial charge < -0.3 is 4.90 Å². The van der Waals surface area contributed by atoms with Crippen LogP contribution in [0.4, 0.5) is 5.69 Å². The number of hydrogen-bond acceptors (Lipinski definition) is 5. The van der Waals surface area contributed by atoms with Crippen molar-refractivity contribution >= 4 is 33.4 Å². The first-order chi connectivity index (χ1) is 15.8. The zero-order valence-corrected chi connectivity index (χ0v) is 19.0. The van der Waals surface area contributed by atoms with Crippen LogP contribution in [0.15, 0.2) is 47.4 Å². The van der Waals surface area contributed by atoms with Gasteiger partial charge in [-0.3, -0.25) is 19.3 Å². The molecule has 2 saturated heterocycles. The van der Waals surface area contributed by atoms with E-state index in [1.165, 1.54) is 9.87 Å². The van der Waals surface area contributed by atoms with Crippen molar-refractivity contribution < 1.29 is 22.8 Å². The average Bonchev–Trinajstić information content (AvgIpc) is 3.44. The Morgan fingerprint density at radius 1 is 0.758 bits per heavy atom. The summed E-state index contributed by atoms with van der Waals surface area (Å²) in [4.78, 5) is 39.8. The molecule has 0 unspecified atom stereocenters. The molecule has 9 heteroatoms. The summed E-state index contributed by atoms with van der Waals surface area (Å²) in [5.41, 5.74) is 3.25. The third-order valence-corrected chi connectivity index (χ3v) is 8.55. The Hall–Kier alpha value is -3.04. The number of anilines is 1. The van der Waals surface area contributed by atoms with E-state index >= 15 is 0 Å². The lowest BCUT2D eigenvalue weighted by Crippen LogP contribution is -2.50. The van der Waals surface area contributed by atoms with Gasteiger partial charge in [0.2, 0.25) is 21.8 Å². The number of rotatable bonds is 4. The molecule has 2 aliphatic heterocycles. The molecule has 0 atom stereocenters. The number of carbonyl (C=O) groups is 3. The molecule has 172 valence electrons. The zero-order valence-electron chi connectivity index (χ0n) is 18.2. The number of carbonyl (C=O) groups excluding carboxylic acids is 3. The molecule has 1 aliphatic carbocycles. The minimum Gasteiger partial charge on any atom is -0.336 e. The monoisotopic (exact) mass is 467 g/mol. The molecule has 5 rings (SSSR count). The van der Waals surface area contributed by atoms with E-state index in [1.54, 1.807) is 41.3 Å². The Labute approximate surface area is 192 Å². The predicted octanol–water partition coefficient (Wildman–Crippen LogP) is 1.98. The van der Waals surface area contributed by atoms with Crippen molar-refractivity contribution in [1.82, 2.24) is 9.21 Å². The number of hydrogen-bond donors (Lipinski definition) is 0. The summed E-state index contributed by atoms with van der Waals surface area (Å²) in [6.45, 7) is 1.07. The van der Waals surface area contributed by atoms with Crippen LogP contribution in [-0.2, 0) is 32.5 Å². The fraction of sp³-hybridized carbons (Fsp3) is 0.375. The minimum atomic E-state index is -3.60. The Morgan fingerprint density at radius 3 is 2.06 bits per heavy atom. The molecule has 0 spiro atoms. The van der Waals surface area contributed by atoms with E-state index < -0.39 is 10.0 Å². The molecule has 0 aromatic heterocycles. The van der Waals surface area contributed by atoms with Crippen molar-refractivity contribution in [2.45, 2.75) is 37.0 Å². The topological polar surface area (TPSA) is 95.1 Å². The third kappa shape index (κ3) is 3.95. The quantitative estimate of drug-likeness (QED) is 0.641. The van der Waals surface area contributed by atoms with Crippen molar-refractivity contribution in [2.24, 2.45) is 0 Å². The zero-order chi connectivity index (χ0) is 23.2. The van der Waals surface area contributed by atoms with E-state index in [4.69, 9.17) is 0 Å². The molecule has 33 heavy (non-hydrogen) atoms. The van der Waals surface area contributed by atoms with E-state index in [0.717, 1.165) is 29.7 Å². The highest BCUT2D eigenvalue weighted by molar-refractivity contribution is 7.89. The second-order valence-electron chi connectivity index (χ2n) is 8.65. The highest BCUT2D eigenvalue weighted by Gasteiger charge is 2.32. The molecule has 2 fully saturated rings. The fourth-order valence-corrected chi connectivity index (χ4v) is 6.26. The van der Waals surface area contributed by atoms with E-state index in [0.29, 0.717) is 29.2 Å². The summed E-state index contributed by atoms with van der Waals surface area (Å²) in [6, 6.07) is 11.8. The van der Waals surface area contributed by atoms with Gasteiger partial charge in [-0.2, -0.15) is 4.31 Å². The Bertz CT molecular complexity index is 1220. The Morgan fingerprint density at radius 2 is 1.39 bits per heavy atom. The number of imide groups is 1. The number of nitrogens with zero attached hydrogens (tertiary/aromatic N) is 3. The van der Waals surface area contributed by atoms with Gasteiger partial charge in [-0.05, 0) is 66.8 Å². The van der Waals surface area contributed by atoms with Crippen LogP contribution in [0.3, 0.4) is 0 Å². The second-order valence-corrected chi connectivity index (χ2v) is 10.6. The molecule has 0 saturated carbocycles. The maximum absolute atomic E-state index is 13.1. The molecule has 3 aliphatic rings. The first kappa shape index (κ1) is 21.8. The smallest absolute Gasteiger partial charge is 0.253 e. The Balaban J connectivity index is 1.24. The molecule has 2 heterocycles. The van der Waals surface area contributed by atoms with Gasteiger partial charge in [0.05, 0.1) is 10.6 Å². The van der Waals surface area contributed by atoms with Crippen LogP contribution in [0, 0.1) is 0 Å². The normalized spacial score (nSPS) is 19.3. The number of sulfonamides is 1. The first-order valence-electron chi connectivity index (χ1n) is 11.2. The number of amides is 3. The van der Waals surface area contributed by atoms with Gasteiger partial charge >= 0.3 is 0 Å². The number of piperazine rings is 1. The lowest BCUT2D eigenvalue weighted by atomic mass is 10.1. The fourth-order valence-electron chi connectivity index (χ4n) is 4.79. The van der Waals surface area contributed by atoms with Crippen LogP contribution in [-0.4, -0.2) is 61.5 Å². The van der Waals surface area contributed by atoms with Crippen LogP contribution in [0.5, 0.6) is 0 Å². The summed E-state index contributed by atoms with van der Waals surface area (Å²) in [5, 5.41) is 0. The summed E-state index contributed by atoms with van der Waals surface area (Å²) in [7, 11) is -3.60. The van der Waals surface area contributed by atoms with Crippen molar-refractivity contribution in [3.8, 4) is 0 Å². The maximum atomic E-state index is 13.1. The van der Waals surface area contributed by atoms with Crippen molar-refractivity contribution in [1.29, 1.82) is 0 Å². The standard InChI is InChI=1S/C24H25N3O5S/c28-22-10-11-23(29)27(22)20-7-4-18(5-8-20)24(30)25-12-14-26(15-13-25)33(31,32)21-9-6-17-2-1-3-19(17)16-21/h4-9,16H,1-3,10-15H2. The van der Waals surface area contributed by atoms with Gasteiger partial charge in [-0.1, -0.05) is 6.07 Å². The molecule has 2 aromatic carbocycles. The number of benzene rings is 2. The van der Waals surface area contributed by atoms with Gasteiger partial charge in [0.1, 0.15) is 0 Å². The van der Waals surface area contributed by atoms with Gasteiger partial charge in [0.15, 0.2) is 0 Å². The van der Waals surface area contributed by atoms with Gasteiger partial charge in [0, 0.05) is 44.6 Å². The van der Waals surface area contributed by atoms with E-state index in [2.05, 4.69) is 0 Å².